The molecule has 2 rings (SSSR count). The van der Waals surface area contributed by atoms with E-state index in [1.165, 1.54) is 18.2 Å². The third-order valence-electron chi connectivity index (χ3n) is 2.92. The van der Waals surface area contributed by atoms with Crippen LogP contribution in [0.15, 0.2) is 48.5 Å². The van der Waals surface area contributed by atoms with Crippen LogP contribution in [-0.2, 0) is 5.60 Å². The van der Waals surface area contributed by atoms with Crippen LogP contribution in [-0.4, -0.2) is 21.1 Å². The predicted octanol–water partition coefficient (Wildman–Crippen LogP) is 1.69. The SMILES string of the molecule is N#CC(O)(C(=O)c1ccc(O)c(O)c1)c1ccccc1. The number of benzene rings is 2. The van der Waals surface area contributed by atoms with E-state index < -0.39 is 17.1 Å². The second-order valence-corrected chi connectivity index (χ2v) is 4.22. The summed E-state index contributed by atoms with van der Waals surface area (Å²) < 4.78 is 0. The van der Waals surface area contributed by atoms with Crippen molar-refractivity contribution in [3.05, 3.63) is 59.7 Å². The summed E-state index contributed by atoms with van der Waals surface area (Å²) in [6.45, 7) is 0. The summed E-state index contributed by atoms with van der Waals surface area (Å²) in [6, 6.07) is 12.7. The Balaban J connectivity index is 2.49. The molecular weight excluding hydrogens is 258 g/mol. The summed E-state index contributed by atoms with van der Waals surface area (Å²) in [5.74, 6) is -1.76. The lowest BCUT2D eigenvalue weighted by Gasteiger charge is -2.19. The van der Waals surface area contributed by atoms with E-state index >= 15 is 0 Å². The van der Waals surface area contributed by atoms with Crippen LogP contribution in [0.1, 0.15) is 15.9 Å². The Hall–Kier alpha value is -2.84. The van der Waals surface area contributed by atoms with Gasteiger partial charge in [-0.05, 0) is 18.2 Å². The van der Waals surface area contributed by atoms with Crippen LogP contribution in [0.25, 0.3) is 0 Å². The normalized spacial score (nSPS) is 13.2. The van der Waals surface area contributed by atoms with Crippen molar-refractivity contribution in [1.29, 1.82) is 5.26 Å². The molecule has 2 aromatic carbocycles. The first-order valence-corrected chi connectivity index (χ1v) is 5.75. The molecule has 0 aliphatic rings. The highest BCUT2D eigenvalue weighted by Gasteiger charge is 2.39. The molecule has 3 N–H and O–H groups in total. The lowest BCUT2D eigenvalue weighted by molar-refractivity contribution is 0.0546. The smallest absolute Gasteiger partial charge is 0.240 e. The molecule has 1 unspecified atom stereocenters. The summed E-state index contributed by atoms with van der Waals surface area (Å²) in [5.41, 5.74) is -2.28. The standard InChI is InChI=1S/C15H11NO4/c16-9-15(20,11-4-2-1-3-5-11)14(19)10-6-7-12(17)13(18)8-10/h1-8,17-18,20H. The van der Waals surface area contributed by atoms with Crippen LogP contribution < -0.4 is 0 Å². The number of nitriles is 1. The molecule has 0 aliphatic heterocycles. The van der Waals surface area contributed by atoms with Crippen molar-refractivity contribution in [1.82, 2.24) is 0 Å². The third kappa shape index (κ3) is 2.20. The van der Waals surface area contributed by atoms with Crippen LogP contribution in [0.5, 0.6) is 11.5 Å². The van der Waals surface area contributed by atoms with Crippen molar-refractivity contribution >= 4 is 5.78 Å². The van der Waals surface area contributed by atoms with Crippen molar-refractivity contribution < 1.29 is 20.1 Å². The maximum absolute atomic E-state index is 12.3. The Morgan fingerprint density at radius 2 is 1.70 bits per heavy atom. The highest BCUT2D eigenvalue weighted by Crippen LogP contribution is 2.30. The molecule has 100 valence electrons. The topological polar surface area (TPSA) is 102 Å². The summed E-state index contributed by atoms with van der Waals surface area (Å²) in [7, 11) is 0. The van der Waals surface area contributed by atoms with Gasteiger partial charge in [-0.1, -0.05) is 30.3 Å². The molecule has 0 saturated carbocycles. The molecule has 5 nitrogen and oxygen atoms in total. The minimum atomic E-state index is -2.34. The minimum absolute atomic E-state index is 0.0757. The van der Waals surface area contributed by atoms with Gasteiger partial charge in [-0.2, -0.15) is 5.26 Å². The van der Waals surface area contributed by atoms with Crippen molar-refractivity contribution in [2.75, 3.05) is 0 Å². The molecule has 0 spiro atoms. The summed E-state index contributed by atoms with van der Waals surface area (Å²) in [6.07, 6.45) is 0. The number of aliphatic hydroxyl groups is 1. The fraction of sp³-hybridized carbons (Fsp3) is 0.0667. The molecular formula is C15H11NO4. The van der Waals surface area contributed by atoms with E-state index in [2.05, 4.69) is 0 Å². The molecule has 0 heterocycles. The quantitative estimate of drug-likeness (QED) is 0.447. The van der Waals surface area contributed by atoms with Crippen LogP contribution in [0, 0.1) is 11.3 Å². The van der Waals surface area contributed by atoms with E-state index in [0.29, 0.717) is 0 Å². The van der Waals surface area contributed by atoms with E-state index in [4.69, 9.17) is 5.26 Å². The van der Waals surface area contributed by atoms with Crippen LogP contribution in [0.4, 0.5) is 0 Å². The molecule has 2 aromatic rings. The monoisotopic (exact) mass is 269 g/mol. The van der Waals surface area contributed by atoms with Crippen LogP contribution in [0.2, 0.25) is 0 Å². The number of nitrogens with zero attached hydrogens (tertiary/aromatic N) is 1. The van der Waals surface area contributed by atoms with Gasteiger partial charge < -0.3 is 15.3 Å². The first-order chi connectivity index (χ1) is 9.49. The maximum atomic E-state index is 12.3. The first kappa shape index (κ1) is 13.6. The van der Waals surface area contributed by atoms with Crippen molar-refractivity contribution in [2.24, 2.45) is 0 Å². The minimum Gasteiger partial charge on any atom is -0.504 e. The van der Waals surface area contributed by atoms with Crippen molar-refractivity contribution in [3.63, 3.8) is 0 Å². The number of hydrogen-bond acceptors (Lipinski definition) is 5. The number of aromatic hydroxyl groups is 2. The summed E-state index contributed by atoms with van der Waals surface area (Å²) in [5, 5.41) is 38.1. The van der Waals surface area contributed by atoms with Gasteiger partial charge in [0, 0.05) is 11.1 Å². The predicted molar refractivity (Wildman–Crippen MR) is 70.1 cm³/mol. The van der Waals surface area contributed by atoms with Gasteiger partial charge in [0.05, 0.1) is 0 Å². The lowest BCUT2D eigenvalue weighted by atomic mass is 9.87. The molecule has 0 aromatic heterocycles. The fourth-order valence-electron chi connectivity index (χ4n) is 1.80. The zero-order valence-electron chi connectivity index (χ0n) is 10.3. The zero-order valence-corrected chi connectivity index (χ0v) is 10.3. The number of carbonyl (C=O) groups excluding carboxylic acids is 1. The Kier molecular flexibility index (Phi) is 3.42. The van der Waals surface area contributed by atoms with Gasteiger partial charge in [0.15, 0.2) is 11.5 Å². The number of ketones is 1. The van der Waals surface area contributed by atoms with E-state index in [9.17, 15) is 20.1 Å². The average molecular weight is 269 g/mol. The lowest BCUT2D eigenvalue weighted by Crippen LogP contribution is -2.34. The number of phenolic OH excluding ortho intramolecular Hbond substituents is 2. The Morgan fingerprint density at radius 3 is 2.25 bits per heavy atom. The molecule has 0 fully saturated rings. The first-order valence-electron chi connectivity index (χ1n) is 5.75. The molecule has 0 saturated heterocycles. The number of hydrogen-bond donors (Lipinski definition) is 3. The number of Topliss-reactive ketones (excluding diaryl/α,β-unsaturated/α-hetero) is 1. The number of rotatable bonds is 3. The maximum Gasteiger partial charge on any atom is 0.240 e. The van der Waals surface area contributed by atoms with Gasteiger partial charge >= 0.3 is 0 Å². The van der Waals surface area contributed by atoms with Crippen LogP contribution >= 0.6 is 0 Å². The molecule has 0 amide bonds. The molecule has 0 aliphatic carbocycles. The van der Waals surface area contributed by atoms with E-state index in [-0.39, 0.29) is 16.9 Å². The zero-order chi connectivity index (χ0) is 14.8. The van der Waals surface area contributed by atoms with E-state index in [0.717, 1.165) is 12.1 Å². The Labute approximate surface area is 115 Å². The number of phenols is 2. The highest BCUT2D eigenvalue weighted by molar-refractivity contribution is 6.05. The van der Waals surface area contributed by atoms with Gasteiger partial charge in [0.1, 0.15) is 6.07 Å². The Bertz CT molecular complexity index is 691. The van der Waals surface area contributed by atoms with Gasteiger partial charge in [0.25, 0.3) is 0 Å². The molecule has 0 radical (unpaired) electrons. The van der Waals surface area contributed by atoms with Gasteiger partial charge in [-0.15, -0.1) is 0 Å². The third-order valence-corrected chi connectivity index (χ3v) is 2.92. The highest BCUT2D eigenvalue weighted by atomic mass is 16.3. The second kappa shape index (κ2) is 5.03. The summed E-state index contributed by atoms with van der Waals surface area (Å²) >= 11 is 0. The van der Waals surface area contributed by atoms with E-state index in [1.807, 2.05) is 0 Å². The van der Waals surface area contributed by atoms with Gasteiger partial charge in [0.2, 0.25) is 11.4 Å². The van der Waals surface area contributed by atoms with Crippen molar-refractivity contribution in [2.45, 2.75) is 5.60 Å². The average Bonchev–Trinajstić information content (AvgIpc) is 2.49. The largest absolute Gasteiger partial charge is 0.504 e. The van der Waals surface area contributed by atoms with Gasteiger partial charge in [-0.25, -0.2) is 0 Å². The fourth-order valence-corrected chi connectivity index (χ4v) is 1.80. The van der Waals surface area contributed by atoms with Gasteiger partial charge in [-0.3, -0.25) is 4.79 Å². The number of carbonyl (C=O) groups is 1. The molecule has 5 heteroatoms. The molecule has 20 heavy (non-hydrogen) atoms. The Morgan fingerprint density at radius 1 is 1.05 bits per heavy atom. The van der Waals surface area contributed by atoms with E-state index in [1.54, 1.807) is 24.3 Å². The van der Waals surface area contributed by atoms with Crippen molar-refractivity contribution in [3.8, 4) is 17.6 Å². The van der Waals surface area contributed by atoms with Crippen LogP contribution in [0.3, 0.4) is 0 Å². The second-order valence-electron chi connectivity index (χ2n) is 4.22. The molecule has 1 atom stereocenters. The summed E-state index contributed by atoms with van der Waals surface area (Å²) in [4.78, 5) is 12.3. The molecule has 0 bridgehead atoms.